The van der Waals surface area contributed by atoms with Gasteiger partial charge in [0.05, 0.1) is 34.2 Å². The lowest BCUT2D eigenvalue weighted by molar-refractivity contribution is 0.614. The molecule has 3 heterocycles. The molecule has 0 radical (unpaired) electrons. The highest BCUT2D eigenvalue weighted by Gasteiger charge is 2.39. The molecule has 9 aromatic carbocycles. The highest BCUT2D eigenvalue weighted by atomic mass is 15.2. The number of fused-ring (bicyclic) bond motifs is 9. The number of anilines is 7. The van der Waals surface area contributed by atoms with Crippen LogP contribution in [0.4, 0.5) is 39.8 Å². The Bertz CT molecular complexity index is 3940. The van der Waals surface area contributed by atoms with Crippen LogP contribution in [0, 0.1) is 0 Å². The molecule has 71 heavy (non-hydrogen) atoms. The van der Waals surface area contributed by atoms with Crippen molar-refractivity contribution in [3.05, 3.63) is 273 Å². The summed E-state index contributed by atoms with van der Waals surface area (Å²) >= 11 is 0. The van der Waals surface area contributed by atoms with Crippen molar-refractivity contribution in [2.45, 2.75) is 24.4 Å². The van der Waals surface area contributed by atoms with E-state index in [4.69, 9.17) is 0 Å². The van der Waals surface area contributed by atoms with Gasteiger partial charge < -0.3 is 23.8 Å². The maximum atomic E-state index is 2.64. The van der Waals surface area contributed by atoms with E-state index < -0.39 is 0 Å². The number of rotatable bonds is 9. The van der Waals surface area contributed by atoms with Crippen LogP contribution in [0.25, 0.3) is 55.0 Å². The Labute approximate surface area is 413 Å². The van der Waals surface area contributed by atoms with Gasteiger partial charge in [0.1, 0.15) is 0 Å². The average Bonchev–Trinajstić information content (AvgIpc) is 4.07. The van der Waals surface area contributed by atoms with Gasteiger partial charge in [-0.3, -0.25) is 0 Å². The molecule has 3 aliphatic rings. The molecule has 0 bridgehead atoms. The largest absolute Gasteiger partial charge is 0.357 e. The summed E-state index contributed by atoms with van der Waals surface area (Å²) in [7, 11) is 0. The quantitative estimate of drug-likeness (QED) is 0.144. The van der Waals surface area contributed by atoms with Crippen LogP contribution >= 0.6 is 0 Å². The van der Waals surface area contributed by atoms with Crippen LogP contribution in [-0.4, -0.2) is 21.2 Å². The number of para-hydroxylation sites is 5. The fraction of sp³-hybridized carbons (Fsp3) is 0.0606. The first kappa shape index (κ1) is 41.0. The van der Waals surface area contributed by atoms with E-state index in [1.165, 1.54) is 43.8 Å². The van der Waals surface area contributed by atoms with Gasteiger partial charge >= 0.3 is 0 Å². The standard InChI is InChI=1S/C66H49N5/c1-6-20-46(21-7-1)67(51-34-38-63-57(42-51)55-30-16-18-32-61(55)69(63)48-24-10-3-11-25-48)53-36-40-65-59(44-53)60-45-54(37-41-66(60)71(65)50-28-14-5-15-29-50)68(47-22-8-2-9-23-47)52-35-39-64-58(43-52)56-31-17-19-33-62(56)70(64)49-26-12-4-13-27-49/h1-26,28-45,49,56,62H,27H2. The average molecular weight is 912 g/mol. The number of hydrogen-bond donors (Lipinski definition) is 0. The zero-order valence-corrected chi connectivity index (χ0v) is 39.1. The molecule has 5 nitrogen and oxygen atoms in total. The van der Waals surface area contributed by atoms with E-state index in [2.05, 4.69) is 291 Å². The smallest absolute Gasteiger partial charge is 0.0586 e. The maximum Gasteiger partial charge on any atom is 0.0586 e. The summed E-state index contributed by atoms with van der Waals surface area (Å²) < 4.78 is 4.80. The van der Waals surface area contributed by atoms with E-state index in [-0.39, 0.29) is 12.0 Å². The second kappa shape index (κ2) is 16.9. The number of hydrogen-bond acceptors (Lipinski definition) is 3. The first-order chi connectivity index (χ1) is 35.2. The van der Waals surface area contributed by atoms with E-state index in [9.17, 15) is 0 Å². The van der Waals surface area contributed by atoms with E-state index >= 15 is 0 Å². The molecule has 1 aliphatic heterocycles. The Balaban J connectivity index is 0.953. The van der Waals surface area contributed by atoms with Gasteiger partial charge in [0, 0.05) is 78.6 Å². The fourth-order valence-electron chi connectivity index (χ4n) is 11.8. The molecule has 0 saturated carbocycles. The van der Waals surface area contributed by atoms with Crippen LogP contribution in [0.15, 0.2) is 267 Å². The number of nitrogens with zero attached hydrogens (tertiary/aromatic N) is 5. The van der Waals surface area contributed by atoms with Gasteiger partial charge in [0.25, 0.3) is 0 Å². The van der Waals surface area contributed by atoms with Crippen LogP contribution in [0.5, 0.6) is 0 Å². The molecule has 0 spiro atoms. The predicted octanol–water partition coefficient (Wildman–Crippen LogP) is 17.1. The first-order valence-electron chi connectivity index (χ1n) is 24.8. The third-order valence-corrected chi connectivity index (χ3v) is 14.9. The second-order valence-corrected chi connectivity index (χ2v) is 18.9. The molecule has 14 rings (SSSR count). The van der Waals surface area contributed by atoms with Gasteiger partial charge in [-0.15, -0.1) is 0 Å². The van der Waals surface area contributed by atoms with Crippen molar-refractivity contribution in [1.82, 2.24) is 9.13 Å². The van der Waals surface area contributed by atoms with Gasteiger partial charge in [-0.05, 0) is 139 Å². The molecule has 0 saturated heterocycles. The summed E-state index contributed by atoms with van der Waals surface area (Å²) in [6.07, 6.45) is 19.3. The third kappa shape index (κ3) is 6.76. The molecule has 3 atom stereocenters. The Hall–Kier alpha value is -9.06. The van der Waals surface area contributed by atoms with Gasteiger partial charge in [0.2, 0.25) is 0 Å². The Morgan fingerprint density at radius 1 is 0.352 bits per heavy atom. The SMILES string of the molecule is C1=CCC(N2c3ccc(N(c4ccccc4)c4ccc5c(c4)c4cc(N(c6ccccc6)c6ccc7c(c6)c6ccccc6n7-c6ccccc6)ccc4n5-c4ccccc4)cc3C3C=CC=CC32)C=C1. The van der Waals surface area contributed by atoms with Crippen molar-refractivity contribution in [1.29, 1.82) is 0 Å². The lowest BCUT2D eigenvalue weighted by Gasteiger charge is -2.35. The van der Waals surface area contributed by atoms with Crippen molar-refractivity contribution in [2.75, 3.05) is 14.7 Å². The molecule has 0 N–H and O–H groups in total. The molecule has 11 aromatic rings. The lowest BCUT2D eigenvalue weighted by atomic mass is 9.90. The van der Waals surface area contributed by atoms with Gasteiger partial charge in [0.15, 0.2) is 0 Å². The topological polar surface area (TPSA) is 19.6 Å². The summed E-state index contributed by atoms with van der Waals surface area (Å²) in [6.45, 7) is 0. The van der Waals surface area contributed by atoms with Crippen molar-refractivity contribution < 1.29 is 0 Å². The first-order valence-corrected chi connectivity index (χ1v) is 24.8. The summed E-state index contributed by atoms with van der Waals surface area (Å²) in [6, 6.07) is 80.6. The highest BCUT2D eigenvalue weighted by Crippen LogP contribution is 2.50. The van der Waals surface area contributed by atoms with E-state index in [1.807, 2.05) is 0 Å². The summed E-state index contributed by atoms with van der Waals surface area (Å²) in [5, 5.41) is 4.80. The Morgan fingerprint density at radius 2 is 0.803 bits per heavy atom. The molecule has 0 fully saturated rings. The number of allylic oxidation sites excluding steroid dienone is 4. The lowest BCUT2D eigenvalue weighted by Crippen LogP contribution is -2.40. The predicted molar refractivity (Wildman–Crippen MR) is 298 cm³/mol. The maximum absolute atomic E-state index is 2.64. The van der Waals surface area contributed by atoms with Crippen molar-refractivity contribution >= 4 is 83.4 Å². The van der Waals surface area contributed by atoms with Crippen LogP contribution in [0.3, 0.4) is 0 Å². The van der Waals surface area contributed by atoms with E-state index in [0.717, 1.165) is 63.0 Å². The minimum absolute atomic E-state index is 0.271. The molecular formula is C66H49N5. The van der Waals surface area contributed by atoms with Crippen LogP contribution < -0.4 is 14.7 Å². The molecule has 0 amide bonds. The molecule has 2 aromatic heterocycles. The Kier molecular flexibility index (Phi) is 9.73. The van der Waals surface area contributed by atoms with E-state index in [1.54, 1.807) is 0 Å². The fourth-order valence-corrected chi connectivity index (χ4v) is 11.8. The second-order valence-electron chi connectivity index (χ2n) is 18.9. The van der Waals surface area contributed by atoms with Crippen LogP contribution in [0.2, 0.25) is 0 Å². The third-order valence-electron chi connectivity index (χ3n) is 14.9. The van der Waals surface area contributed by atoms with Crippen LogP contribution in [0.1, 0.15) is 17.9 Å². The molecule has 5 heteroatoms. The van der Waals surface area contributed by atoms with Crippen molar-refractivity contribution in [2.24, 2.45) is 0 Å². The summed E-state index contributed by atoms with van der Waals surface area (Å²) in [5.74, 6) is 0.271. The highest BCUT2D eigenvalue weighted by molar-refractivity contribution is 6.13. The van der Waals surface area contributed by atoms with Gasteiger partial charge in [-0.2, -0.15) is 0 Å². The minimum atomic E-state index is 0.271. The summed E-state index contributed by atoms with van der Waals surface area (Å²) in [5.41, 5.74) is 16.3. The monoisotopic (exact) mass is 911 g/mol. The summed E-state index contributed by atoms with van der Waals surface area (Å²) in [4.78, 5) is 7.49. The van der Waals surface area contributed by atoms with Crippen LogP contribution in [-0.2, 0) is 0 Å². The van der Waals surface area contributed by atoms with Gasteiger partial charge in [-0.25, -0.2) is 0 Å². The Morgan fingerprint density at radius 3 is 1.35 bits per heavy atom. The van der Waals surface area contributed by atoms with Crippen molar-refractivity contribution in [3.8, 4) is 11.4 Å². The normalized spacial score (nSPS) is 16.8. The molecule has 2 aliphatic carbocycles. The minimum Gasteiger partial charge on any atom is -0.357 e. The zero-order chi connectivity index (χ0) is 46.8. The van der Waals surface area contributed by atoms with E-state index in [0.29, 0.717) is 6.04 Å². The molecule has 338 valence electrons. The zero-order valence-electron chi connectivity index (χ0n) is 39.1. The number of aromatic nitrogens is 2. The van der Waals surface area contributed by atoms with Gasteiger partial charge in [-0.1, -0.05) is 140 Å². The van der Waals surface area contributed by atoms with Crippen molar-refractivity contribution in [3.63, 3.8) is 0 Å². The molecule has 3 unspecified atom stereocenters. The number of benzene rings is 9. The molecular weight excluding hydrogens is 863 g/mol.